The van der Waals surface area contributed by atoms with Crippen LogP contribution < -0.4 is 0 Å². The van der Waals surface area contributed by atoms with E-state index < -0.39 is 0 Å². The molecular weight excluding hydrogens is 448 g/mol. The van der Waals surface area contributed by atoms with Crippen molar-refractivity contribution in [1.82, 2.24) is 0 Å². The molecule has 0 heterocycles. The van der Waals surface area contributed by atoms with E-state index in [-0.39, 0.29) is 5.41 Å². The second-order valence-electron chi connectivity index (χ2n) is 16.9. The van der Waals surface area contributed by atoms with Crippen LogP contribution in [0.1, 0.15) is 125 Å². The molecule has 6 fully saturated rings. The van der Waals surface area contributed by atoms with Gasteiger partial charge in [-0.25, -0.2) is 9.98 Å². The Kier molecular flexibility index (Phi) is 6.07. The third-order valence-electron chi connectivity index (χ3n) is 14.4. The van der Waals surface area contributed by atoms with Gasteiger partial charge in [0.15, 0.2) is 0 Å². The Morgan fingerprint density at radius 3 is 2.38 bits per heavy atom. The molecule has 6 saturated carbocycles. The van der Waals surface area contributed by atoms with E-state index in [1.807, 2.05) is 0 Å². The molecule has 206 valence electrons. The van der Waals surface area contributed by atoms with Crippen molar-refractivity contribution < 1.29 is 0 Å². The molecule has 7 unspecified atom stereocenters. The molecule has 6 aliphatic carbocycles. The van der Waals surface area contributed by atoms with Gasteiger partial charge in [0.25, 0.3) is 0 Å². The van der Waals surface area contributed by atoms with Crippen LogP contribution in [0.4, 0.5) is 0 Å². The minimum Gasteiger partial charge on any atom is -0.249 e. The number of fused-ring (bicyclic) bond motifs is 4. The normalized spacial score (nSPS) is 49.0. The summed E-state index contributed by atoms with van der Waals surface area (Å²) < 4.78 is 0. The summed E-state index contributed by atoms with van der Waals surface area (Å²) in [6.45, 7) is 23.0. The van der Waals surface area contributed by atoms with E-state index in [0.717, 1.165) is 58.6 Å². The van der Waals surface area contributed by atoms with E-state index in [1.165, 1.54) is 44.9 Å². The van der Waals surface area contributed by atoms with E-state index in [4.69, 9.17) is 0 Å². The molecule has 0 bridgehead atoms. The summed E-state index contributed by atoms with van der Waals surface area (Å²) in [5, 5.41) is 0. The summed E-state index contributed by atoms with van der Waals surface area (Å²) in [5.41, 5.74) is 2.94. The zero-order valence-electron chi connectivity index (χ0n) is 25.1. The van der Waals surface area contributed by atoms with Crippen molar-refractivity contribution in [2.24, 2.45) is 78.5 Å². The van der Waals surface area contributed by atoms with Crippen molar-refractivity contribution >= 4 is 12.6 Å². The highest BCUT2D eigenvalue weighted by molar-refractivity contribution is 5.86. The smallest absolute Gasteiger partial charge is 0.127 e. The summed E-state index contributed by atoms with van der Waals surface area (Å²) in [4.78, 5) is 8.77. The molecule has 2 nitrogen and oxygen atoms in total. The Balaban J connectivity index is 1.23. The SMILES string of the molecule is C=CN=C(C[C@@H](C1CCC2C(C1)CC1C3CCC4C(C)(C)CCC[C@@]45CC35CC[C@]21C)C(C)(C)C)N=C. The lowest BCUT2D eigenvalue weighted by Gasteiger charge is -2.58. The molecule has 2 spiro atoms. The molecule has 10 atom stereocenters. The Labute approximate surface area is 228 Å². The Hall–Kier alpha value is -0.920. The van der Waals surface area contributed by atoms with E-state index in [1.54, 1.807) is 38.3 Å². The molecule has 6 rings (SSSR count). The summed E-state index contributed by atoms with van der Waals surface area (Å²) >= 11 is 0. The lowest BCUT2D eigenvalue weighted by Crippen LogP contribution is -2.51. The third kappa shape index (κ3) is 3.68. The van der Waals surface area contributed by atoms with E-state index in [2.05, 4.69) is 64.8 Å². The third-order valence-corrected chi connectivity index (χ3v) is 14.4. The van der Waals surface area contributed by atoms with Crippen molar-refractivity contribution in [2.75, 3.05) is 0 Å². The standard InChI is InChI=1S/C35H56N2/c1-9-37-30(36-8)21-27(31(2,3)4)23-11-12-25-24(19-23)20-28-26-13-14-29-32(5,6)15-10-16-35(29)22-34(26,35)18-17-33(25,28)7/h9,23-29H,1,8,10-22H2,2-7H3/t23?,24?,25?,26?,27-,28?,29?,33+,34?,35+/m0/s1. The van der Waals surface area contributed by atoms with Crippen LogP contribution in [0.5, 0.6) is 0 Å². The first-order chi connectivity index (χ1) is 17.4. The minimum atomic E-state index is 0.260. The number of amidine groups is 1. The molecule has 0 aromatic heterocycles. The van der Waals surface area contributed by atoms with Crippen molar-refractivity contribution in [3.8, 4) is 0 Å². The zero-order chi connectivity index (χ0) is 26.4. The molecule has 6 aliphatic rings. The Morgan fingerprint density at radius 1 is 0.919 bits per heavy atom. The van der Waals surface area contributed by atoms with Gasteiger partial charge in [0, 0.05) is 12.6 Å². The number of rotatable bonds is 4. The lowest BCUT2D eigenvalue weighted by atomic mass is 9.46. The molecule has 0 aromatic rings. The zero-order valence-corrected chi connectivity index (χ0v) is 25.1. The number of hydrogen-bond donors (Lipinski definition) is 0. The molecule has 0 radical (unpaired) electrons. The second-order valence-corrected chi connectivity index (χ2v) is 16.9. The predicted molar refractivity (Wildman–Crippen MR) is 158 cm³/mol. The van der Waals surface area contributed by atoms with E-state index in [0.29, 0.717) is 16.7 Å². The van der Waals surface area contributed by atoms with Crippen LogP contribution in [0.2, 0.25) is 0 Å². The second kappa shape index (κ2) is 8.54. The van der Waals surface area contributed by atoms with Crippen LogP contribution in [0.25, 0.3) is 0 Å². The van der Waals surface area contributed by atoms with Gasteiger partial charge in [-0.1, -0.05) is 54.5 Å². The summed E-state index contributed by atoms with van der Waals surface area (Å²) in [6.07, 6.45) is 20.8. The first-order valence-corrected chi connectivity index (χ1v) is 16.1. The fraction of sp³-hybridized carbons (Fsp3) is 0.886. The van der Waals surface area contributed by atoms with Gasteiger partial charge >= 0.3 is 0 Å². The van der Waals surface area contributed by atoms with Gasteiger partial charge in [-0.2, -0.15) is 0 Å². The number of nitrogens with zero attached hydrogens (tertiary/aromatic N) is 2. The van der Waals surface area contributed by atoms with Gasteiger partial charge in [0.1, 0.15) is 5.84 Å². The van der Waals surface area contributed by atoms with Crippen molar-refractivity contribution in [3.63, 3.8) is 0 Å². The molecule has 0 aliphatic heterocycles. The summed E-state index contributed by atoms with van der Waals surface area (Å²) in [7, 11) is 0. The highest BCUT2D eigenvalue weighted by atomic mass is 14.9. The van der Waals surface area contributed by atoms with Crippen LogP contribution in [0.3, 0.4) is 0 Å². The lowest BCUT2D eigenvalue weighted by molar-refractivity contribution is -0.0947. The first-order valence-electron chi connectivity index (χ1n) is 16.1. The average Bonchev–Trinajstić information content (AvgIpc) is 3.39. The van der Waals surface area contributed by atoms with Crippen LogP contribution in [-0.4, -0.2) is 12.6 Å². The van der Waals surface area contributed by atoms with Crippen LogP contribution >= 0.6 is 0 Å². The van der Waals surface area contributed by atoms with Gasteiger partial charge in [-0.15, -0.1) is 0 Å². The Bertz CT molecular complexity index is 968. The summed E-state index contributed by atoms with van der Waals surface area (Å²) in [5.74, 6) is 7.26. The highest BCUT2D eigenvalue weighted by Gasteiger charge is 2.79. The average molecular weight is 505 g/mol. The fourth-order valence-corrected chi connectivity index (χ4v) is 13.0. The van der Waals surface area contributed by atoms with E-state index >= 15 is 0 Å². The molecule has 2 heteroatoms. The largest absolute Gasteiger partial charge is 0.249 e. The molecule has 0 N–H and O–H groups in total. The van der Waals surface area contributed by atoms with Crippen LogP contribution in [0.15, 0.2) is 22.8 Å². The summed E-state index contributed by atoms with van der Waals surface area (Å²) in [6, 6.07) is 0. The number of aliphatic imine (C=N–C) groups is 2. The topological polar surface area (TPSA) is 24.7 Å². The van der Waals surface area contributed by atoms with E-state index in [9.17, 15) is 0 Å². The molecule has 37 heavy (non-hydrogen) atoms. The van der Waals surface area contributed by atoms with Gasteiger partial charge in [-0.3, -0.25) is 0 Å². The van der Waals surface area contributed by atoms with Crippen molar-refractivity contribution in [2.45, 2.75) is 125 Å². The number of hydrogen-bond acceptors (Lipinski definition) is 1. The van der Waals surface area contributed by atoms with Crippen molar-refractivity contribution in [3.05, 3.63) is 12.8 Å². The molecular formula is C35H56N2. The van der Waals surface area contributed by atoms with Gasteiger partial charge in [0.05, 0.1) is 0 Å². The van der Waals surface area contributed by atoms with Crippen molar-refractivity contribution in [1.29, 1.82) is 0 Å². The maximum atomic E-state index is 4.48. The monoisotopic (exact) mass is 504 g/mol. The first kappa shape index (κ1) is 26.3. The van der Waals surface area contributed by atoms with Gasteiger partial charge in [-0.05, 0) is 146 Å². The highest BCUT2D eigenvalue weighted by Crippen LogP contribution is 2.87. The maximum Gasteiger partial charge on any atom is 0.127 e. The molecule has 0 aromatic carbocycles. The quantitative estimate of drug-likeness (QED) is 0.269. The predicted octanol–water partition coefficient (Wildman–Crippen LogP) is 9.75. The maximum absolute atomic E-state index is 4.48. The molecule has 0 saturated heterocycles. The Morgan fingerprint density at radius 2 is 1.68 bits per heavy atom. The fourth-order valence-electron chi connectivity index (χ4n) is 13.0. The van der Waals surface area contributed by atoms with Crippen LogP contribution in [-0.2, 0) is 0 Å². The van der Waals surface area contributed by atoms with Gasteiger partial charge < -0.3 is 0 Å². The van der Waals surface area contributed by atoms with Gasteiger partial charge in [0.2, 0.25) is 0 Å². The minimum absolute atomic E-state index is 0.260. The molecule has 0 amide bonds. The van der Waals surface area contributed by atoms with Crippen LogP contribution in [0, 0.1) is 68.5 Å².